The predicted octanol–water partition coefficient (Wildman–Crippen LogP) is 2.26. The van der Waals surface area contributed by atoms with Crippen LogP contribution in [0.5, 0.6) is 0 Å². The second-order valence-corrected chi connectivity index (χ2v) is 4.08. The van der Waals surface area contributed by atoms with Crippen LogP contribution in [0.3, 0.4) is 0 Å². The van der Waals surface area contributed by atoms with Crippen molar-refractivity contribution in [3.8, 4) is 0 Å². The Bertz CT molecular complexity index is 366. The normalized spacial score (nSPS) is 12.3. The molecule has 6 heteroatoms. The van der Waals surface area contributed by atoms with Crippen LogP contribution in [0.25, 0.3) is 0 Å². The predicted molar refractivity (Wildman–Crippen MR) is 68.5 cm³/mol. The Balaban J connectivity index is 0.000000399. The summed E-state index contributed by atoms with van der Waals surface area (Å²) in [6.07, 6.45) is -2.48. The Labute approximate surface area is 111 Å². The van der Waals surface area contributed by atoms with E-state index in [4.69, 9.17) is 4.79 Å². The highest BCUT2D eigenvalue weighted by molar-refractivity contribution is 5.79. The molecule has 0 aliphatic carbocycles. The molecule has 3 nitrogen and oxygen atoms in total. The zero-order valence-corrected chi connectivity index (χ0v) is 11.0. The molecular weight excluding hydrogens is 257 g/mol. The van der Waals surface area contributed by atoms with E-state index in [0.29, 0.717) is 6.04 Å². The van der Waals surface area contributed by atoms with Crippen molar-refractivity contribution in [2.45, 2.75) is 32.0 Å². The number of halogens is 3. The molecule has 0 aliphatic heterocycles. The van der Waals surface area contributed by atoms with E-state index < -0.39 is 12.1 Å². The number of carbonyl (C=O) groups is 1. The zero-order valence-electron chi connectivity index (χ0n) is 11.0. The van der Waals surface area contributed by atoms with Gasteiger partial charge in [0.15, 0.2) is 0 Å². The van der Waals surface area contributed by atoms with Crippen LogP contribution in [0.4, 0.5) is 13.2 Å². The van der Waals surface area contributed by atoms with Crippen LogP contribution in [-0.2, 0) is 11.2 Å². The molecule has 19 heavy (non-hydrogen) atoms. The Kier molecular flexibility index (Phi) is 7.83. The summed E-state index contributed by atoms with van der Waals surface area (Å²) in [5.41, 5.74) is 5.24. The van der Waals surface area contributed by atoms with Crippen molar-refractivity contribution >= 4 is 5.91 Å². The van der Waals surface area contributed by atoms with Crippen molar-refractivity contribution < 1.29 is 18.0 Å². The minimum Gasteiger partial charge on any atom is -0.362 e. The quantitative estimate of drug-likeness (QED) is 0.886. The average molecular weight is 276 g/mol. The van der Waals surface area contributed by atoms with Crippen LogP contribution in [0.15, 0.2) is 30.3 Å². The smallest absolute Gasteiger partial charge is 0.362 e. The number of alkyl halides is 3. The van der Waals surface area contributed by atoms with E-state index in [0.717, 1.165) is 0 Å². The molecule has 108 valence electrons. The van der Waals surface area contributed by atoms with Crippen molar-refractivity contribution in [2.24, 2.45) is 5.73 Å². The summed E-state index contributed by atoms with van der Waals surface area (Å²) in [5, 5.41) is 3.24. The number of benzene rings is 1. The molecule has 1 aromatic rings. The van der Waals surface area contributed by atoms with Crippen LogP contribution in [0.2, 0.25) is 0 Å². The van der Waals surface area contributed by atoms with E-state index in [-0.39, 0.29) is 0 Å². The number of hydrogen-bond acceptors (Lipinski definition) is 2. The minimum absolute atomic E-state index is 0.616. The van der Waals surface area contributed by atoms with Crippen molar-refractivity contribution in [1.29, 1.82) is 0 Å². The maximum absolute atomic E-state index is 10.7. The Morgan fingerprint density at radius 1 is 1.32 bits per heavy atom. The number of nitrogens with one attached hydrogen (secondary N) is 1. The van der Waals surface area contributed by atoms with Gasteiger partial charge >= 0.3 is 12.1 Å². The highest BCUT2D eigenvalue weighted by Gasteiger charge is 2.35. The lowest BCUT2D eigenvalue weighted by Gasteiger charge is -2.08. The second-order valence-electron chi connectivity index (χ2n) is 4.08. The summed E-state index contributed by atoms with van der Waals surface area (Å²) in [6.45, 7) is 2.21. The summed E-state index contributed by atoms with van der Waals surface area (Å²) in [4.78, 5) is 9.12. The number of rotatable bonds is 4. The molecule has 0 spiro atoms. The van der Waals surface area contributed by atoms with Crippen LogP contribution >= 0.6 is 0 Å². The van der Waals surface area contributed by atoms with E-state index in [1.165, 1.54) is 18.4 Å². The molecule has 0 radical (unpaired) electrons. The Morgan fingerprint density at radius 2 is 1.79 bits per heavy atom. The van der Waals surface area contributed by atoms with Gasteiger partial charge in [0.1, 0.15) is 0 Å². The van der Waals surface area contributed by atoms with E-state index in [1.54, 1.807) is 0 Å². The van der Waals surface area contributed by atoms with Crippen LogP contribution < -0.4 is 11.1 Å². The van der Waals surface area contributed by atoms with Crippen molar-refractivity contribution in [1.82, 2.24) is 5.32 Å². The first-order valence-electron chi connectivity index (χ1n) is 5.85. The summed E-state index contributed by atoms with van der Waals surface area (Å²) in [6, 6.07) is 11.2. The minimum atomic E-state index is -4.86. The summed E-state index contributed by atoms with van der Waals surface area (Å²) in [5.74, 6) is -2.26. The maximum Gasteiger partial charge on any atom is 0.470 e. The van der Waals surface area contributed by atoms with Gasteiger partial charge in [-0.05, 0) is 32.4 Å². The molecule has 0 bridgehead atoms. The molecule has 1 rings (SSSR count). The van der Waals surface area contributed by atoms with Gasteiger partial charge in [0, 0.05) is 6.04 Å². The molecule has 0 saturated carbocycles. The van der Waals surface area contributed by atoms with Crippen LogP contribution in [0.1, 0.15) is 18.9 Å². The molecular formula is C13H19F3N2O. The molecule has 0 fully saturated rings. The second kappa shape index (κ2) is 8.53. The largest absolute Gasteiger partial charge is 0.470 e. The van der Waals surface area contributed by atoms with Crippen LogP contribution in [-0.4, -0.2) is 25.2 Å². The van der Waals surface area contributed by atoms with E-state index in [9.17, 15) is 13.2 Å². The van der Waals surface area contributed by atoms with Gasteiger partial charge in [0.05, 0.1) is 0 Å². The molecule has 0 heterocycles. The highest BCUT2D eigenvalue weighted by atomic mass is 19.4. The lowest BCUT2D eigenvalue weighted by molar-refractivity contribution is -0.169. The first-order valence-corrected chi connectivity index (χ1v) is 5.85. The van der Waals surface area contributed by atoms with E-state index >= 15 is 0 Å². The van der Waals surface area contributed by atoms with E-state index in [2.05, 4.69) is 48.3 Å². The molecule has 1 amide bonds. The van der Waals surface area contributed by atoms with Gasteiger partial charge in [0.25, 0.3) is 0 Å². The maximum atomic E-state index is 10.7. The summed E-state index contributed by atoms with van der Waals surface area (Å²) >= 11 is 0. The third kappa shape index (κ3) is 9.07. The molecule has 0 saturated heterocycles. The molecule has 0 aromatic heterocycles. The lowest BCUT2D eigenvalue weighted by atomic mass is 10.1. The fourth-order valence-electron chi connectivity index (χ4n) is 1.17. The number of carbonyl (C=O) groups excluding carboxylic acids is 1. The first-order chi connectivity index (χ1) is 8.77. The zero-order chi connectivity index (χ0) is 14.9. The number of amides is 1. The Hall–Kier alpha value is -1.56. The number of aryl methyl sites for hydroxylation is 1. The third-order valence-electron chi connectivity index (χ3n) is 2.48. The monoisotopic (exact) mass is 276 g/mol. The van der Waals surface area contributed by atoms with Crippen molar-refractivity contribution in [2.75, 3.05) is 7.05 Å². The average Bonchev–Trinajstić information content (AvgIpc) is 2.36. The molecule has 0 aliphatic rings. The van der Waals surface area contributed by atoms with Crippen molar-refractivity contribution in [3.05, 3.63) is 35.9 Å². The fourth-order valence-corrected chi connectivity index (χ4v) is 1.17. The SMILES string of the molecule is CNC(C)CCc1ccccc1.NC(=O)C(F)(F)F. The fraction of sp³-hybridized carbons (Fsp3) is 0.462. The first kappa shape index (κ1) is 17.4. The Morgan fingerprint density at radius 3 is 2.16 bits per heavy atom. The molecule has 1 atom stereocenters. The van der Waals surface area contributed by atoms with Crippen LogP contribution in [0, 0.1) is 0 Å². The third-order valence-corrected chi connectivity index (χ3v) is 2.48. The molecule has 1 unspecified atom stereocenters. The summed E-state index contributed by atoms with van der Waals surface area (Å²) in [7, 11) is 2.01. The standard InChI is InChI=1S/C11H17N.C2H2F3NO/c1-10(12-2)8-9-11-6-4-3-5-7-11;3-2(4,5)1(6)7/h3-7,10,12H,8-9H2,1-2H3;(H2,6,7). The van der Waals surface area contributed by atoms with Crippen molar-refractivity contribution in [3.63, 3.8) is 0 Å². The number of nitrogens with two attached hydrogens (primary N) is 1. The summed E-state index contributed by atoms with van der Waals surface area (Å²) < 4.78 is 32.1. The van der Waals surface area contributed by atoms with Gasteiger partial charge in [-0.2, -0.15) is 13.2 Å². The van der Waals surface area contributed by atoms with E-state index in [1.807, 2.05) is 7.05 Å². The van der Waals surface area contributed by atoms with Gasteiger partial charge in [0.2, 0.25) is 0 Å². The van der Waals surface area contributed by atoms with Gasteiger partial charge in [-0.25, -0.2) is 0 Å². The topological polar surface area (TPSA) is 55.1 Å². The highest BCUT2D eigenvalue weighted by Crippen LogP contribution is 2.11. The van der Waals surface area contributed by atoms with Gasteiger partial charge < -0.3 is 11.1 Å². The van der Waals surface area contributed by atoms with Gasteiger partial charge in [-0.1, -0.05) is 30.3 Å². The molecule has 3 N–H and O–H groups in total. The number of hydrogen-bond donors (Lipinski definition) is 2. The number of primary amides is 1. The van der Waals surface area contributed by atoms with Gasteiger partial charge in [-0.15, -0.1) is 0 Å². The van der Waals surface area contributed by atoms with Gasteiger partial charge in [-0.3, -0.25) is 4.79 Å². The molecule has 1 aromatic carbocycles. The lowest BCUT2D eigenvalue weighted by Crippen LogP contribution is -2.30.